The maximum atomic E-state index is 11.9. The second-order valence-electron chi connectivity index (χ2n) is 5.85. The molecule has 0 bridgehead atoms. The van der Waals surface area contributed by atoms with E-state index in [1.54, 1.807) is 12.1 Å². The molecule has 1 atom stereocenters. The van der Waals surface area contributed by atoms with Crippen molar-refractivity contribution in [2.45, 2.75) is 52.0 Å². The molecule has 0 spiro atoms. The van der Waals surface area contributed by atoms with Gasteiger partial charge in [0, 0.05) is 11.4 Å². The molecule has 0 aliphatic carbocycles. The Hall–Kier alpha value is -1.04. The van der Waals surface area contributed by atoms with Gasteiger partial charge in [0.25, 0.3) is 0 Å². The molecule has 0 radical (unpaired) electrons. The number of esters is 1. The summed E-state index contributed by atoms with van der Waals surface area (Å²) < 4.78 is 19.7. The van der Waals surface area contributed by atoms with Gasteiger partial charge in [0.1, 0.15) is 4.75 Å². The molecule has 0 aromatic heterocycles. The highest BCUT2D eigenvalue weighted by Gasteiger charge is 2.25. The summed E-state index contributed by atoms with van der Waals surface area (Å²) in [5.74, 6) is -0.322. The minimum absolute atomic E-state index is 0.127. The molecular formula is C15H23NO3S. The maximum Gasteiger partial charge on any atom is 0.338 e. The third-order valence-corrected chi connectivity index (χ3v) is 4.01. The highest BCUT2D eigenvalue weighted by Crippen LogP contribution is 2.14. The van der Waals surface area contributed by atoms with Crippen LogP contribution >= 0.6 is 0 Å². The second-order valence-corrected chi connectivity index (χ2v) is 7.90. The molecule has 1 rings (SSSR count). The number of carbonyl (C=O) groups is 1. The van der Waals surface area contributed by atoms with Crippen LogP contribution < -0.4 is 4.72 Å². The Balaban J connectivity index is 2.57. The number of benzene rings is 1. The number of carbonyl (C=O) groups excluding carboxylic acids is 1. The topological polar surface area (TPSA) is 61.4 Å². The third kappa shape index (κ3) is 5.53. The highest BCUT2D eigenvalue weighted by molar-refractivity contribution is 7.90. The predicted molar refractivity (Wildman–Crippen MR) is 81.7 cm³/mol. The van der Waals surface area contributed by atoms with Crippen LogP contribution in [-0.2, 0) is 22.6 Å². The van der Waals surface area contributed by atoms with Crippen molar-refractivity contribution >= 4 is 17.3 Å². The fourth-order valence-corrected chi connectivity index (χ4v) is 2.14. The largest absolute Gasteiger partial charge is 0.598 e. The van der Waals surface area contributed by atoms with E-state index in [1.807, 2.05) is 46.8 Å². The van der Waals surface area contributed by atoms with Crippen molar-refractivity contribution in [3.05, 3.63) is 35.4 Å². The Morgan fingerprint density at radius 2 is 1.85 bits per heavy atom. The van der Waals surface area contributed by atoms with Crippen LogP contribution in [0.15, 0.2) is 24.3 Å². The fourth-order valence-electron chi connectivity index (χ4n) is 1.41. The molecule has 1 N–H and O–H groups in total. The minimum atomic E-state index is -1.10. The van der Waals surface area contributed by atoms with Crippen LogP contribution in [0.5, 0.6) is 0 Å². The van der Waals surface area contributed by atoms with Gasteiger partial charge in [-0.2, -0.15) is 0 Å². The van der Waals surface area contributed by atoms with Crippen molar-refractivity contribution in [1.82, 2.24) is 4.72 Å². The Morgan fingerprint density at radius 1 is 1.30 bits per heavy atom. The summed E-state index contributed by atoms with van der Waals surface area (Å²) in [5.41, 5.74) is 1.50. The average molecular weight is 297 g/mol. The first-order valence-electron chi connectivity index (χ1n) is 6.65. The van der Waals surface area contributed by atoms with E-state index in [0.29, 0.717) is 12.1 Å². The van der Waals surface area contributed by atoms with Gasteiger partial charge in [-0.3, -0.25) is 0 Å². The molecule has 1 aromatic rings. The van der Waals surface area contributed by atoms with Gasteiger partial charge in [-0.05, 0) is 52.3 Å². The smallest absolute Gasteiger partial charge is 0.338 e. The Labute approximate surface area is 124 Å². The molecule has 0 aliphatic rings. The van der Waals surface area contributed by atoms with Gasteiger partial charge in [0.15, 0.2) is 0 Å². The van der Waals surface area contributed by atoms with E-state index in [1.165, 1.54) is 0 Å². The summed E-state index contributed by atoms with van der Waals surface area (Å²) in [4.78, 5) is 11.7. The van der Waals surface area contributed by atoms with Crippen molar-refractivity contribution in [2.75, 3.05) is 0 Å². The van der Waals surface area contributed by atoms with Crippen molar-refractivity contribution in [3.8, 4) is 0 Å². The number of hydrogen-bond acceptors (Lipinski definition) is 4. The summed E-state index contributed by atoms with van der Waals surface area (Å²) in [6, 6.07) is 7.12. The SMILES string of the molecule is CC(C)OC(=O)c1ccc(CN[S@+]([O-])C(C)(C)C)cc1. The lowest BCUT2D eigenvalue weighted by Gasteiger charge is -2.23. The molecule has 0 unspecified atom stereocenters. The summed E-state index contributed by atoms with van der Waals surface area (Å²) in [6.45, 7) is 9.89. The number of nitrogens with one attached hydrogen (secondary N) is 1. The molecule has 5 heteroatoms. The van der Waals surface area contributed by atoms with Crippen LogP contribution in [0.2, 0.25) is 0 Å². The Kier molecular flexibility index (Phi) is 6.05. The van der Waals surface area contributed by atoms with Crippen molar-refractivity contribution in [2.24, 2.45) is 0 Å². The molecule has 0 saturated carbocycles. The van der Waals surface area contributed by atoms with E-state index in [4.69, 9.17) is 4.74 Å². The summed E-state index contributed by atoms with van der Waals surface area (Å²) in [6.07, 6.45) is -0.127. The van der Waals surface area contributed by atoms with E-state index in [-0.39, 0.29) is 16.8 Å². The van der Waals surface area contributed by atoms with E-state index < -0.39 is 11.4 Å². The molecular weight excluding hydrogens is 274 g/mol. The van der Waals surface area contributed by atoms with Crippen molar-refractivity contribution < 1.29 is 14.1 Å². The van der Waals surface area contributed by atoms with Gasteiger partial charge in [0.05, 0.1) is 18.2 Å². The molecule has 1 aromatic carbocycles. The summed E-state index contributed by atoms with van der Waals surface area (Å²) in [7, 11) is 0. The van der Waals surface area contributed by atoms with Gasteiger partial charge < -0.3 is 9.29 Å². The van der Waals surface area contributed by atoms with Crippen LogP contribution in [0.3, 0.4) is 0 Å². The lowest BCUT2D eigenvalue weighted by atomic mass is 10.1. The van der Waals surface area contributed by atoms with Crippen molar-refractivity contribution in [1.29, 1.82) is 0 Å². The van der Waals surface area contributed by atoms with E-state index in [9.17, 15) is 9.35 Å². The average Bonchev–Trinajstić information content (AvgIpc) is 2.34. The first kappa shape index (κ1) is 17.0. The Morgan fingerprint density at radius 3 is 2.30 bits per heavy atom. The molecule has 4 nitrogen and oxygen atoms in total. The van der Waals surface area contributed by atoms with Crippen LogP contribution in [0.1, 0.15) is 50.5 Å². The lowest BCUT2D eigenvalue weighted by molar-refractivity contribution is 0.0378. The number of ether oxygens (including phenoxy) is 1. The first-order chi connectivity index (χ1) is 9.20. The second kappa shape index (κ2) is 7.11. The Bertz CT molecular complexity index is 437. The summed E-state index contributed by atoms with van der Waals surface area (Å²) >= 11 is -1.10. The van der Waals surface area contributed by atoms with Gasteiger partial charge in [-0.1, -0.05) is 12.1 Å². The third-order valence-electron chi connectivity index (χ3n) is 2.50. The lowest BCUT2D eigenvalue weighted by Crippen LogP contribution is -2.38. The zero-order valence-corrected chi connectivity index (χ0v) is 13.5. The quantitative estimate of drug-likeness (QED) is 0.670. The van der Waals surface area contributed by atoms with Crippen LogP contribution in [-0.4, -0.2) is 21.4 Å². The number of hydrogen-bond donors (Lipinski definition) is 1. The fraction of sp³-hybridized carbons (Fsp3) is 0.533. The first-order valence-corrected chi connectivity index (χ1v) is 7.80. The van der Waals surface area contributed by atoms with E-state index >= 15 is 0 Å². The molecule has 0 heterocycles. The van der Waals surface area contributed by atoms with Crippen LogP contribution in [0.4, 0.5) is 0 Å². The van der Waals surface area contributed by atoms with Crippen molar-refractivity contribution in [3.63, 3.8) is 0 Å². The molecule has 112 valence electrons. The van der Waals surface area contributed by atoms with E-state index in [2.05, 4.69) is 4.72 Å². The molecule has 0 aliphatic heterocycles. The highest BCUT2D eigenvalue weighted by atomic mass is 32.2. The van der Waals surface area contributed by atoms with Gasteiger partial charge >= 0.3 is 5.97 Å². The minimum Gasteiger partial charge on any atom is -0.598 e. The zero-order chi connectivity index (χ0) is 15.3. The molecule has 0 amide bonds. The normalized spacial score (nSPS) is 13.3. The zero-order valence-electron chi connectivity index (χ0n) is 12.7. The maximum absolute atomic E-state index is 11.9. The van der Waals surface area contributed by atoms with E-state index in [0.717, 1.165) is 5.56 Å². The monoisotopic (exact) mass is 297 g/mol. The van der Waals surface area contributed by atoms with Gasteiger partial charge in [-0.15, -0.1) is 4.72 Å². The van der Waals surface area contributed by atoms with Crippen LogP contribution in [0.25, 0.3) is 0 Å². The standard InChI is InChI=1S/C15H23NO3S/c1-11(2)19-14(17)13-8-6-12(7-9-13)10-16-20(18)15(3,4)5/h6-9,11,16H,10H2,1-5H3/t20-/m1/s1. The summed E-state index contributed by atoms with van der Waals surface area (Å²) in [5, 5.41) is 0. The molecule has 20 heavy (non-hydrogen) atoms. The molecule has 0 saturated heterocycles. The number of rotatable bonds is 5. The molecule has 0 fully saturated rings. The predicted octanol–water partition coefficient (Wildman–Crippen LogP) is 2.80. The van der Waals surface area contributed by atoms with Crippen LogP contribution in [0, 0.1) is 0 Å². The van der Waals surface area contributed by atoms with Gasteiger partial charge in [0.2, 0.25) is 0 Å². The van der Waals surface area contributed by atoms with Gasteiger partial charge in [-0.25, -0.2) is 4.79 Å².